The van der Waals surface area contributed by atoms with Crippen LogP contribution in [0, 0.1) is 5.41 Å². The van der Waals surface area contributed by atoms with Gasteiger partial charge in [0.25, 0.3) is 0 Å². The first-order chi connectivity index (χ1) is 7.68. The first kappa shape index (κ1) is 12.3. The fraction of sp³-hybridized carbons (Fsp3) is 0.636. The van der Waals surface area contributed by atoms with Crippen LogP contribution in [0.25, 0.3) is 0 Å². The fourth-order valence-electron chi connectivity index (χ4n) is 2.14. The van der Waals surface area contributed by atoms with E-state index in [1.54, 1.807) is 0 Å². The molecular formula is C11H16ClNO2S. The summed E-state index contributed by atoms with van der Waals surface area (Å²) in [5.74, 6) is 0. The van der Waals surface area contributed by atoms with Gasteiger partial charge >= 0.3 is 0 Å². The summed E-state index contributed by atoms with van der Waals surface area (Å²) in [5.41, 5.74) is 5.60. The van der Waals surface area contributed by atoms with Crippen molar-refractivity contribution in [1.82, 2.24) is 0 Å². The maximum Gasteiger partial charge on any atom is 0.0952 e. The molecule has 3 nitrogen and oxygen atoms in total. The number of hydrogen-bond donors (Lipinski definition) is 2. The van der Waals surface area contributed by atoms with Crippen LogP contribution in [0.15, 0.2) is 12.1 Å². The number of ether oxygens (including phenoxy) is 1. The Labute approximate surface area is 104 Å². The number of nitrogens with two attached hydrogens (primary N) is 1. The Kier molecular flexibility index (Phi) is 3.87. The molecule has 0 amide bonds. The van der Waals surface area contributed by atoms with Crippen LogP contribution in [0.4, 0.5) is 0 Å². The zero-order valence-electron chi connectivity index (χ0n) is 8.99. The van der Waals surface area contributed by atoms with E-state index in [4.69, 9.17) is 22.1 Å². The van der Waals surface area contributed by atoms with Gasteiger partial charge in [0.2, 0.25) is 0 Å². The van der Waals surface area contributed by atoms with Gasteiger partial charge in [-0.3, -0.25) is 0 Å². The Morgan fingerprint density at radius 1 is 1.50 bits per heavy atom. The van der Waals surface area contributed by atoms with Crippen LogP contribution in [0.3, 0.4) is 0 Å². The number of aliphatic hydroxyl groups excluding tert-OH is 1. The molecule has 16 heavy (non-hydrogen) atoms. The molecule has 1 aliphatic heterocycles. The lowest BCUT2D eigenvalue weighted by molar-refractivity contribution is -0.0567. The topological polar surface area (TPSA) is 55.5 Å². The third-order valence-corrected chi connectivity index (χ3v) is 4.62. The predicted molar refractivity (Wildman–Crippen MR) is 65.8 cm³/mol. The molecule has 2 heterocycles. The number of hydrogen-bond acceptors (Lipinski definition) is 4. The Morgan fingerprint density at radius 3 is 2.69 bits per heavy atom. The Morgan fingerprint density at radius 2 is 2.19 bits per heavy atom. The highest BCUT2D eigenvalue weighted by Crippen LogP contribution is 2.44. The molecule has 0 radical (unpaired) electrons. The lowest BCUT2D eigenvalue weighted by atomic mass is 9.75. The Hall–Kier alpha value is -0.130. The molecule has 0 bridgehead atoms. The molecule has 1 aromatic rings. The van der Waals surface area contributed by atoms with Gasteiger partial charge in [0, 0.05) is 30.1 Å². The van der Waals surface area contributed by atoms with Gasteiger partial charge in [-0.05, 0) is 25.0 Å². The van der Waals surface area contributed by atoms with Gasteiger partial charge in [-0.15, -0.1) is 11.3 Å². The highest BCUT2D eigenvalue weighted by Gasteiger charge is 2.39. The van der Waals surface area contributed by atoms with Crippen LogP contribution in [0.1, 0.15) is 23.8 Å². The highest BCUT2D eigenvalue weighted by atomic mass is 35.5. The molecule has 0 aliphatic carbocycles. The summed E-state index contributed by atoms with van der Waals surface area (Å²) in [6, 6.07) is 3.69. The third-order valence-electron chi connectivity index (χ3n) is 3.34. The van der Waals surface area contributed by atoms with E-state index in [0.29, 0.717) is 24.1 Å². The standard InChI is InChI=1S/C11H16ClNO2S/c12-9-2-1-8(16-9)10(14)11(7-13)3-5-15-6-4-11/h1-2,10,14H,3-7,13H2. The van der Waals surface area contributed by atoms with E-state index in [-0.39, 0.29) is 5.41 Å². The number of rotatable bonds is 3. The molecule has 0 saturated carbocycles. The zero-order chi connectivity index (χ0) is 11.6. The molecule has 0 aromatic carbocycles. The monoisotopic (exact) mass is 261 g/mol. The maximum atomic E-state index is 10.4. The molecule has 1 atom stereocenters. The number of thiophene rings is 1. The smallest absolute Gasteiger partial charge is 0.0952 e. The zero-order valence-corrected chi connectivity index (χ0v) is 10.6. The van der Waals surface area contributed by atoms with E-state index in [9.17, 15) is 5.11 Å². The van der Waals surface area contributed by atoms with Crippen molar-refractivity contribution in [3.63, 3.8) is 0 Å². The van der Waals surface area contributed by atoms with Gasteiger partial charge in [-0.25, -0.2) is 0 Å². The lowest BCUT2D eigenvalue weighted by Gasteiger charge is -2.39. The lowest BCUT2D eigenvalue weighted by Crippen LogP contribution is -2.41. The van der Waals surface area contributed by atoms with Crippen molar-refractivity contribution < 1.29 is 9.84 Å². The average molecular weight is 262 g/mol. The number of aliphatic hydroxyl groups is 1. The quantitative estimate of drug-likeness (QED) is 0.877. The van der Waals surface area contributed by atoms with Crippen molar-refractivity contribution in [1.29, 1.82) is 0 Å². The van der Waals surface area contributed by atoms with Gasteiger partial charge in [0.15, 0.2) is 0 Å². The predicted octanol–water partition coefficient (Wildman–Crippen LogP) is 2.19. The molecule has 90 valence electrons. The van der Waals surface area contributed by atoms with Crippen LogP contribution in [0.5, 0.6) is 0 Å². The summed E-state index contributed by atoms with van der Waals surface area (Å²) in [5, 5.41) is 10.4. The molecule has 1 aliphatic rings. The summed E-state index contributed by atoms with van der Waals surface area (Å²) in [7, 11) is 0. The van der Waals surface area contributed by atoms with Crippen LogP contribution in [-0.2, 0) is 4.74 Å². The van der Waals surface area contributed by atoms with Crippen molar-refractivity contribution in [2.75, 3.05) is 19.8 Å². The summed E-state index contributed by atoms with van der Waals surface area (Å²) >= 11 is 7.31. The minimum Gasteiger partial charge on any atom is -0.387 e. The molecular weight excluding hydrogens is 246 g/mol. The summed E-state index contributed by atoms with van der Waals surface area (Å²) in [6.45, 7) is 1.83. The Bertz CT molecular complexity index is 350. The second-order valence-corrected chi connectivity index (χ2v) is 5.97. The van der Waals surface area contributed by atoms with Crippen LogP contribution < -0.4 is 5.73 Å². The number of halogens is 1. The van der Waals surface area contributed by atoms with E-state index >= 15 is 0 Å². The van der Waals surface area contributed by atoms with Gasteiger partial charge in [0.1, 0.15) is 0 Å². The SMILES string of the molecule is NCC1(C(O)c2ccc(Cl)s2)CCOCC1. The summed E-state index contributed by atoms with van der Waals surface area (Å²) in [6.07, 6.45) is 1.08. The second-order valence-electron chi connectivity index (χ2n) is 4.22. The van der Waals surface area contributed by atoms with Crippen molar-refractivity contribution >= 4 is 22.9 Å². The van der Waals surface area contributed by atoms with E-state index in [0.717, 1.165) is 17.7 Å². The van der Waals surface area contributed by atoms with Crippen molar-refractivity contribution in [2.45, 2.75) is 18.9 Å². The first-order valence-electron chi connectivity index (χ1n) is 5.39. The van der Waals surface area contributed by atoms with Crippen LogP contribution >= 0.6 is 22.9 Å². The van der Waals surface area contributed by atoms with Gasteiger partial charge < -0.3 is 15.6 Å². The second kappa shape index (κ2) is 5.02. The highest BCUT2D eigenvalue weighted by molar-refractivity contribution is 7.16. The largest absolute Gasteiger partial charge is 0.387 e. The normalized spacial score (nSPS) is 21.9. The Balaban J connectivity index is 2.20. The molecule has 2 rings (SSSR count). The summed E-state index contributed by atoms with van der Waals surface area (Å²) in [4.78, 5) is 0.900. The molecule has 1 aromatic heterocycles. The van der Waals surface area contributed by atoms with E-state index in [2.05, 4.69) is 0 Å². The van der Waals surface area contributed by atoms with Crippen molar-refractivity contribution in [2.24, 2.45) is 11.1 Å². The molecule has 3 N–H and O–H groups in total. The van der Waals surface area contributed by atoms with E-state index in [1.807, 2.05) is 12.1 Å². The van der Waals surface area contributed by atoms with Crippen molar-refractivity contribution in [3.8, 4) is 0 Å². The first-order valence-corrected chi connectivity index (χ1v) is 6.58. The minimum atomic E-state index is -0.529. The molecule has 1 saturated heterocycles. The van der Waals surface area contributed by atoms with Gasteiger partial charge in [-0.2, -0.15) is 0 Å². The fourth-order valence-corrected chi connectivity index (χ4v) is 3.33. The molecule has 1 fully saturated rings. The van der Waals surface area contributed by atoms with Gasteiger partial charge in [-0.1, -0.05) is 11.6 Å². The molecule has 1 unspecified atom stereocenters. The molecule has 0 spiro atoms. The summed E-state index contributed by atoms with van der Waals surface area (Å²) < 4.78 is 6.03. The van der Waals surface area contributed by atoms with E-state index < -0.39 is 6.10 Å². The van der Waals surface area contributed by atoms with Crippen LogP contribution in [-0.4, -0.2) is 24.9 Å². The van der Waals surface area contributed by atoms with Crippen molar-refractivity contribution in [3.05, 3.63) is 21.3 Å². The third kappa shape index (κ3) is 2.26. The molecule has 5 heteroatoms. The average Bonchev–Trinajstić information content (AvgIpc) is 2.76. The minimum absolute atomic E-state index is 0.244. The maximum absolute atomic E-state index is 10.4. The van der Waals surface area contributed by atoms with E-state index in [1.165, 1.54) is 11.3 Å². The van der Waals surface area contributed by atoms with Gasteiger partial charge in [0.05, 0.1) is 10.4 Å². The van der Waals surface area contributed by atoms with Crippen LogP contribution in [0.2, 0.25) is 4.34 Å².